The zero-order chi connectivity index (χ0) is 20.4. The molecule has 0 bridgehead atoms. The first kappa shape index (κ1) is 17.2. The molecule has 1 aliphatic rings. The van der Waals surface area contributed by atoms with Crippen LogP contribution in [0.3, 0.4) is 0 Å². The van der Waals surface area contributed by atoms with E-state index >= 15 is 0 Å². The van der Waals surface area contributed by atoms with Crippen LogP contribution in [0, 0.1) is 6.92 Å². The van der Waals surface area contributed by atoms with E-state index in [1.165, 1.54) is 0 Å². The third-order valence-corrected chi connectivity index (χ3v) is 5.63. The van der Waals surface area contributed by atoms with Gasteiger partial charge in [-0.05, 0) is 36.8 Å². The Labute approximate surface area is 174 Å². The van der Waals surface area contributed by atoms with Crippen molar-refractivity contribution in [3.05, 3.63) is 92.7 Å². The van der Waals surface area contributed by atoms with Crippen molar-refractivity contribution in [1.82, 2.24) is 24.6 Å². The molecule has 1 unspecified atom stereocenters. The van der Waals surface area contributed by atoms with E-state index in [2.05, 4.69) is 20.1 Å². The third-order valence-electron chi connectivity index (χ3n) is 5.38. The molecule has 146 valence electrons. The van der Waals surface area contributed by atoms with Crippen LogP contribution in [0.5, 0.6) is 11.6 Å². The van der Waals surface area contributed by atoms with Crippen molar-refractivity contribution in [2.75, 3.05) is 0 Å². The number of halogens is 1. The van der Waals surface area contributed by atoms with Gasteiger partial charge in [-0.15, -0.1) is 0 Å². The number of pyridine rings is 1. The third kappa shape index (κ3) is 2.39. The first-order valence-corrected chi connectivity index (χ1v) is 9.78. The summed E-state index contributed by atoms with van der Waals surface area (Å²) in [5.74, 6) is 1.10. The Balaban J connectivity index is 1.76. The standard InChI is InChI=1S/C22H14ClN5O2/c1-11-25-20-18-16(12-6-8-13(23)9-7-12)17-19(30-22(18)24-10-28(20)27-11)14-4-2-3-5-15(14)26-21(17)29/h2-10,16H,1H3,(H,26,29). The lowest BCUT2D eigenvalue weighted by Crippen LogP contribution is -2.24. The van der Waals surface area contributed by atoms with Gasteiger partial charge in [-0.3, -0.25) is 4.79 Å². The molecule has 4 heterocycles. The normalized spacial score (nSPS) is 15.1. The minimum atomic E-state index is -0.436. The summed E-state index contributed by atoms with van der Waals surface area (Å²) < 4.78 is 7.84. The molecule has 30 heavy (non-hydrogen) atoms. The molecule has 3 aromatic heterocycles. The summed E-state index contributed by atoms with van der Waals surface area (Å²) in [6, 6.07) is 15.0. The van der Waals surface area contributed by atoms with Gasteiger partial charge in [-0.25, -0.2) is 14.5 Å². The summed E-state index contributed by atoms with van der Waals surface area (Å²) in [4.78, 5) is 25.3. The maximum Gasteiger partial charge on any atom is 0.256 e. The van der Waals surface area contributed by atoms with E-state index in [9.17, 15) is 4.79 Å². The first-order chi connectivity index (χ1) is 14.6. The van der Waals surface area contributed by atoms with E-state index in [0.29, 0.717) is 44.8 Å². The highest BCUT2D eigenvalue weighted by molar-refractivity contribution is 6.30. The number of benzene rings is 2. The van der Waals surface area contributed by atoms with Gasteiger partial charge < -0.3 is 9.72 Å². The number of aryl methyl sites for hydroxylation is 1. The second-order valence-corrected chi connectivity index (χ2v) is 7.66. The molecular formula is C22H14ClN5O2. The molecule has 0 spiro atoms. The van der Waals surface area contributed by atoms with Gasteiger partial charge in [0.2, 0.25) is 5.88 Å². The number of nitrogens with one attached hydrogen (secondary N) is 1. The van der Waals surface area contributed by atoms with Crippen molar-refractivity contribution >= 4 is 28.2 Å². The molecule has 1 aliphatic heterocycles. The molecule has 0 amide bonds. The molecule has 8 heteroatoms. The van der Waals surface area contributed by atoms with E-state index in [1.54, 1.807) is 10.8 Å². The molecule has 0 radical (unpaired) electrons. The molecule has 0 saturated carbocycles. The first-order valence-electron chi connectivity index (χ1n) is 9.40. The smallest absolute Gasteiger partial charge is 0.256 e. The number of aromatic nitrogens is 5. The van der Waals surface area contributed by atoms with Crippen molar-refractivity contribution < 1.29 is 4.74 Å². The topological polar surface area (TPSA) is 85.2 Å². The van der Waals surface area contributed by atoms with E-state index in [-0.39, 0.29) is 5.56 Å². The summed E-state index contributed by atoms with van der Waals surface area (Å²) in [6.45, 7) is 1.81. The molecule has 2 aromatic carbocycles. The summed E-state index contributed by atoms with van der Waals surface area (Å²) >= 11 is 6.13. The lowest BCUT2D eigenvalue weighted by molar-refractivity contribution is 0.435. The van der Waals surface area contributed by atoms with Gasteiger partial charge in [0.05, 0.1) is 22.6 Å². The second kappa shape index (κ2) is 6.14. The van der Waals surface area contributed by atoms with Crippen LogP contribution < -0.4 is 10.3 Å². The van der Waals surface area contributed by atoms with Gasteiger partial charge in [-0.2, -0.15) is 5.10 Å². The van der Waals surface area contributed by atoms with E-state index in [4.69, 9.17) is 16.3 Å². The fourth-order valence-electron chi connectivity index (χ4n) is 4.13. The van der Waals surface area contributed by atoms with Crippen molar-refractivity contribution in [1.29, 1.82) is 0 Å². The quantitative estimate of drug-likeness (QED) is 0.434. The molecular weight excluding hydrogens is 402 g/mol. The minimum Gasteiger partial charge on any atom is -0.437 e. The highest BCUT2D eigenvalue weighted by Crippen LogP contribution is 2.48. The van der Waals surface area contributed by atoms with Crippen LogP contribution in [-0.2, 0) is 0 Å². The summed E-state index contributed by atoms with van der Waals surface area (Å²) in [5.41, 5.74) is 3.21. The SMILES string of the molecule is Cc1nc2c3c(ncn2n1)Oc1c(c(=O)[nH]c2ccccc12)C3c1ccc(Cl)cc1. The molecule has 1 atom stereocenters. The lowest BCUT2D eigenvalue weighted by atomic mass is 9.84. The number of hydrogen-bond acceptors (Lipinski definition) is 5. The van der Waals surface area contributed by atoms with Crippen molar-refractivity contribution in [2.24, 2.45) is 0 Å². The zero-order valence-corrected chi connectivity index (χ0v) is 16.5. The summed E-state index contributed by atoms with van der Waals surface area (Å²) in [7, 11) is 0. The molecule has 0 saturated heterocycles. The van der Waals surface area contributed by atoms with Crippen LogP contribution in [-0.4, -0.2) is 24.6 Å². The number of rotatable bonds is 1. The number of hydrogen-bond donors (Lipinski definition) is 1. The van der Waals surface area contributed by atoms with Gasteiger partial charge in [0.25, 0.3) is 5.56 Å². The number of aromatic amines is 1. The minimum absolute atomic E-state index is 0.215. The Morgan fingerprint density at radius 2 is 1.90 bits per heavy atom. The lowest BCUT2D eigenvalue weighted by Gasteiger charge is -2.27. The fraction of sp³-hybridized carbons (Fsp3) is 0.0909. The van der Waals surface area contributed by atoms with Gasteiger partial charge in [0.15, 0.2) is 5.65 Å². The van der Waals surface area contributed by atoms with Crippen molar-refractivity contribution in [3.63, 3.8) is 0 Å². The monoisotopic (exact) mass is 415 g/mol. The van der Waals surface area contributed by atoms with Gasteiger partial charge in [0.1, 0.15) is 17.9 Å². The second-order valence-electron chi connectivity index (χ2n) is 7.22. The van der Waals surface area contributed by atoms with Crippen LogP contribution >= 0.6 is 11.6 Å². The molecule has 0 fully saturated rings. The summed E-state index contributed by atoms with van der Waals surface area (Å²) in [6.07, 6.45) is 1.58. The van der Waals surface area contributed by atoms with Crippen LogP contribution in [0.15, 0.2) is 59.7 Å². The highest BCUT2D eigenvalue weighted by Gasteiger charge is 2.36. The van der Waals surface area contributed by atoms with Crippen LogP contribution in [0.2, 0.25) is 5.02 Å². The molecule has 7 nitrogen and oxygen atoms in total. The number of H-pyrrole nitrogens is 1. The molecule has 1 N–H and O–H groups in total. The van der Waals surface area contributed by atoms with Crippen molar-refractivity contribution in [3.8, 4) is 11.6 Å². The number of para-hydroxylation sites is 1. The van der Waals surface area contributed by atoms with E-state index in [0.717, 1.165) is 10.9 Å². The van der Waals surface area contributed by atoms with Gasteiger partial charge in [-0.1, -0.05) is 35.9 Å². The molecule has 6 rings (SSSR count). The maximum atomic E-state index is 13.3. The predicted octanol–water partition coefficient (Wildman–Crippen LogP) is 4.21. The number of nitrogens with zero attached hydrogens (tertiary/aromatic N) is 4. The Kier molecular flexibility index (Phi) is 3.52. The average Bonchev–Trinajstić information content (AvgIpc) is 3.13. The Morgan fingerprint density at radius 3 is 2.73 bits per heavy atom. The Bertz CT molecular complexity index is 1520. The van der Waals surface area contributed by atoms with E-state index < -0.39 is 5.92 Å². The van der Waals surface area contributed by atoms with Gasteiger partial charge >= 0.3 is 0 Å². The van der Waals surface area contributed by atoms with Crippen LogP contribution in [0.25, 0.3) is 16.6 Å². The number of fused-ring (bicyclic) bond motifs is 6. The maximum absolute atomic E-state index is 13.3. The van der Waals surface area contributed by atoms with Crippen molar-refractivity contribution in [2.45, 2.75) is 12.8 Å². The molecule has 5 aromatic rings. The van der Waals surface area contributed by atoms with Crippen LogP contribution in [0.1, 0.15) is 28.4 Å². The average molecular weight is 416 g/mol. The zero-order valence-electron chi connectivity index (χ0n) is 15.8. The molecule has 0 aliphatic carbocycles. The van der Waals surface area contributed by atoms with E-state index in [1.807, 2.05) is 55.5 Å². The number of ether oxygens (including phenoxy) is 1. The Morgan fingerprint density at radius 1 is 1.10 bits per heavy atom. The predicted molar refractivity (Wildman–Crippen MR) is 113 cm³/mol. The summed E-state index contributed by atoms with van der Waals surface area (Å²) in [5, 5.41) is 5.81. The van der Waals surface area contributed by atoms with Gasteiger partial charge in [0, 0.05) is 10.4 Å². The fourth-order valence-corrected chi connectivity index (χ4v) is 4.26. The van der Waals surface area contributed by atoms with Crippen LogP contribution in [0.4, 0.5) is 0 Å². The largest absolute Gasteiger partial charge is 0.437 e. The Hall–Kier alpha value is -3.71. The highest BCUT2D eigenvalue weighted by atomic mass is 35.5.